The van der Waals surface area contributed by atoms with Crippen molar-refractivity contribution in [2.45, 2.75) is 6.54 Å². The van der Waals surface area contributed by atoms with Gasteiger partial charge in [-0.3, -0.25) is 0 Å². The first-order valence-electron chi connectivity index (χ1n) is 6.11. The van der Waals surface area contributed by atoms with Gasteiger partial charge in [-0.05, 0) is 35.0 Å². The highest BCUT2D eigenvalue weighted by Crippen LogP contribution is 2.23. The zero-order chi connectivity index (χ0) is 13.2. The molecule has 2 aromatic carbocycles. The van der Waals surface area contributed by atoms with Gasteiger partial charge in [0.25, 0.3) is 0 Å². The molecular formula is C15H14BrN3. The van der Waals surface area contributed by atoms with Crippen LogP contribution in [0.15, 0.2) is 53.4 Å². The molecule has 0 amide bonds. The van der Waals surface area contributed by atoms with E-state index in [4.69, 9.17) is 0 Å². The SMILES string of the molecule is Cn1cncc1CNc1ccc2cc(Br)ccc2c1. The predicted molar refractivity (Wildman–Crippen MR) is 82.2 cm³/mol. The standard InChI is InChI=1S/C15H14BrN3/c1-19-10-17-8-15(19)9-18-14-5-3-11-6-13(16)4-2-12(11)7-14/h2-8,10,18H,9H2,1H3. The number of nitrogens with one attached hydrogen (secondary N) is 1. The van der Waals surface area contributed by atoms with Crippen molar-refractivity contribution >= 4 is 32.4 Å². The van der Waals surface area contributed by atoms with E-state index in [1.165, 1.54) is 10.8 Å². The lowest BCUT2D eigenvalue weighted by atomic mass is 10.1. The maximum Gasteiger partial charge on any atom is 0.0946 e. The Kier molecular flexibility index (Phi) is 3.25. The summed E-state index contributed by atoms with van der Waals surface area (Å²) < 4.78 is 3.13. The van der Waals surface area contributed by atoms with Gasteiger partial charge in [0.15, 0.2) is 0 Å². The van der Waals surface area contributed by atoms with Crippen LogP contribution in [0.2, 0.25) is 0 Å². The molecule has 3 rings (SSSR count). The smallest absolute Gasteiger partial charge is 0.0946 e. The van der Waals surface area contributed by atoms with Gasteiger partial charge in [-0.2, -0.15) is 0 Å². The maximum atomic E-state index is 4.11. The summed E-state index contributed by atoms with van der Waals surface area (Å²) in [7, 11) is 2.00. The number of benzene rings is 2. The zero-order valence-corrected chi connectivity index (χ0v) is 12.2. The van der Waals surface area contributed by atoms with Gasteiger partial charge in [-0.1, -0.05) is 28.1 Å². The lowest BCUT2D eigenvalue weighted by Gasteiger charge is -2.08. The molecule has 0 radical (unpaired) electrons. The molecule has 1 N–H and O–H groups in total. The van der Waals surface area contributed by atoms with Crippen molar-refractivity contribution in [2.75, 3.05) is 5.32 Å². The molecule has 0 aliphatic carbocycles. The lowest BCUT2D eigenvalue weighted by molar-refractivity contribution is 0.837. The largest absolute Gasteiger partial charge is 0.379 e. The Morgan fingerprint density at radius 1 is 1.16 bits per heavy atom. The molecule has 4 heteroatoms. The second kappa shape index (κ2) is 5.05. The van der Waals surface area contributed by atoms with E-state index in [2.05, 4.69) is 62.6 Å². The van der Waals surface area contributed by atoms with Gasteiger partial charge in [0, 0.05) is 23.4 Å². The maximum absolute atomic E-state index is 4.11. The quantitative estimate of drug-likeness (QED) is 0.793. The van der Waals surface area contributed by atoms with E-state index in [0.29, 0.717) is 0 Å². The van der Waals surface area contributed by atoms with Crippen LogP contribution in [0.25, 0.3) is 10.8 Å². The Morgan fingerprint density at radius 2 is 1.95 bits per heavy atom. The summed E-state index contributed by atoms with van der Waals surface area (Å²) >= 11 is 3.49. The third kappa shape index (κ3) is 2.63. The van der Waals surface area contributed by atoms with Crippen LogP contribution in [0.1, 0.15) is 5.69 Å². The fourth-order valence-corrected chi connectivity index (χ4v) is 2.45. The van der Waals surface area contributed by atoms with E-state index in [0.717, 1.165) is 22.4 Å². The first-order valence-corrected chi connectivity index (χ1v) is 6.90. The number of aryl methyl sites for hydroxylation is 1. The van der Waals surface area contributed by atoms with Crippen LogP contribution in [0, 0.1) is 0 Å². The van der Waals surface area contributed by atoms with Crippen LogP contribution < -0.4 is 5.32 Å². The monoisotopic (exact) mass is 315 g/mol. The number of fused-ring (bicyclic) bond motifs is 1. The van der Waals surface area contributed by atoms with Gasteiger partial charge in [0.05, 0.1) is 18.6 Å². The molecule has 19 heavy (non-hydrogen) atoms. The molecule has 0 saturated heterocycles. The number of aromatic nitrogens is 2. The van der Waals surface area contributed by atoms with E-state index >= 15 is 0 Å². The summed E-state index contributed by atoms with van der Waals surface area (Å²) in [5.41, 5.74) is 2.28. The van der Waals surface area contributed by atoms with Crippen LogP contribution in [-0.2, 0) is 13.6 Å². The Labute approximate surface area is 120 Å². The Hall–Kier alpha value is -1.81. The van der Waals surface area contributed by atoms with E-state index in [-0.39, 0.29) is 0 Å². The first kappa shape index (κ1) is 12.2. The normalized spacial score (nSPS) is 10.8. The molecular weight excluding hydrogens is 302 g/mol. The number of hydrogen-bond acceptors (Lipinski definition) is 2. The Balaban J connectivity index is 1.82. The van der Waals surface area contributed by atoms with Crippen molar-refractivity contribution in [2.24, 2.45) is 7.05 Å². The van der Waals surface area contributed by atoms with Gasteiger partial charge in [-0.25, -0.2) is 4.98 Å². The number of halogens is 1. The molecule has 1 heterocycles. The molecule has 96 valence electrons. The second-order valence-corrected chi connectivity index (χ2v) is 5.47. The molecule has 1 aromatic heterocycles. The number of rotatable bonds is 3. The number of hydrogen-bond donors (Lipinski definition) is 1. The summed E-state index contributed by atoms with van der Waals surface area (Å²) in [6.45, 7) is 0.776. The third-order valence-corrected chi connectivity index (χ3v) is 3.69. The van der Waals surface area contributed by atoms with E-state index < -0.39 is 0 Å². The van der Waals surface area contributed by atoms with E-state index in [1.807, 2.05) is 24.1 Å². The van der Waals surface area contributed by atoms with Crippen LogP contribution >= 0.6 is 15.9 Å². The molecule has 0 spiro atoms. The van der Waals surface area contributed by atoms with Crippen LogP contribution in [0.3, 0.4) is 0 Å². The van der Waals surface area contributed by atoms with Gasteiger partial charge in [0.2, 0.25) is 0 Å². The van der Waals surface area contributed by atoms with Crippen molar-refractivity contribution in [1.82, 2.24) is 9.55 Å². The van der Waals surface area contributed by atoms with Crippen LogP contribution in [0.5, 0.6) is 0 Å². The number of anilines is 1. The molecule has 0 atom stereocenters. The molecule has 0 aliphatic heterocycles. The zero-order valence-electron chi connectivity index (χ0n) is 10.6. The highest BCUT2D eigenvalue weighted by atomic mass is 79.9. The average molecular weight is 316 g/mol. The van der Waals surface area contributed by atoms with Gasteiger partial charge in [-0.15, -0.1) is 0 Å². The van der Waals surface area contributed by atoms with Crippen molar-refractivity contribution in [3.8, 4) is 0 Å². The molecule has 0 saturated carbocycles. The first-order chi connectivity index (χ1) is 9.22. The van der Waals surface area contributed by atoms with Crippen molar-refractivity contribution in [3.05, 3.63) is 59.1 Å². The summed E-state index contributed by atoms with van der Waals surface area (Å²) in [5.74, 6) is 0. The number of imidazole rings is 1. The molecule has 0 fully saturated rings. The fourth-order valence-electron chi connectivity index (χ4n) is 2.07. The van der Waals surface area contributed by atoms with Crippen molar-refractivity contribution in [1.29, 1.82) is 0 Å². The van der Waals surface area contributed by atoms with Gasteiger partial charge < -0.3 is 9.88 Å². The minimum absolute atomic E-state index is 0.776. The van der Waals surface area contributed by atoms with Crippen LogP contribution in [-0.4, -0.2) is 9.55 Å². The highest BCUT2D eigenvalue weighted by molar-refractivity contribution is 9.10. The molecule has 0 unspecified atom stereocenters. The molecule has 0 bridgehead atoms. The lowest BCUT2D eigenvalue weighted by Crippen LogP contribution is -2.03. The van der Waals surface area contributed by atoms with Gasteiger partial charge in [0.1, 0.15) is 0 Å². The average Bonchev–Trinajstić information content (AvgIpc) is 2.82. The number of nitrogens with zero attached hydrogens (tertiary/aromatic N) is 2. The summed E-state index contributed by atoms with van der Waals surface area (Å²) in [5, 5.41) is 5.89. The van der Waals surface area contributed by atoms with Crippen molar-refractivity contribution in [3.63, 3.8) is 0 Å². The summed E-state index contributed by atoms with van der Waals surface area (Å²) in [4.78, 5) is 4.11. The van der Waals surface area contributed by atoms with Crippen molar-refractivity contribution < 1.29 is 0 Å². The van der Waals surface area contributed by atoms with Crippen LogP contribution in [0.4, 0.5) is 5.69 Å². The summed E-state index contributed by atoms with van der Waals surface area (Å²) in [6.07, 6.45) is 3.69. The van der Waals surface area contributed by atoms with E-state index in [1.54, 1.807) is 0 Å². The Bertz CT molecular complexity index is 718. The second-order valence-electron chi connectivity index (χ2n) is 4.56. The topological polar surface area (TPSA) is 29.9 Å². The van der Waals surface area contributed by atoms with E-state index in [9.17, 15) is 0 Å². The summed E-state index contributed by atoms with van der Waals surface area (Å²) in [6, 6.07) is 12.7. The highest BCUT2D eigenvalue weighted by Gasteiger charge is 2.00. The molecule has 3 aromatic rings. The molecule has 3 nitrogen and oxygen atoms in total. The minimum atomic E-state index is 0.776. The van der Waals surface area contributed by atoms with Gasteiger partial charge >= 0.3 is 0 Å². The molecule has 0 aliphatic rings. The minimum Gasteiger partial charge on any atom is -0.379 e. The Morgan fingerprint density at radius 3 is 2.74 bits per heavy atom. The third-order valence-electron chi connectivity index (χ3n) is 3.19. The predicted octanol–water partition coefficient (Wildman–Crippen LogP) is 3.95. The fraction of sp³-hybridized carbons (Fsp3) is 0.133.